The van der Waals surface area contributed by atoms with Gasteiger partial charge in [-0.05, 0) is 35.7 Å². The van der Waals surface area contributed by atoms with Crippen LogP contribution in [0, 0.1) is 0 Å². The monoisotopic (exact) mass is 367 g/mol. The van der Waals surface area contributed by atoms with Gasteiger partial charge in [-0.25, -0.2) is 0 Å². The van der Waals surface area contributed by atoms with Gasteiger partial charge in [-0.1, -0.05) is 18.2 Å². The van der Waals surface area contributed by atoms with Crippen molar-refractivity contribution in [2.75, 3.05) is 52.3 Å². The van der Waals surface area contributed by atoms with Crippen LogP contribution in [-0.2, 0) is 19.5 Å². The summed E-state index contributed by atoms with van der Waals surface area (Å²) in [6.45, 7) is 7.34. The minimum Gasteiger partial charge on any atom is -0.497 e. The van der Waals surface area contributed by atoms with Gasteiger partial charge >= 0.3 is 0 Å². The minimum absolute atomic E-state index is 0.884. The number of rotatable bonds is 6. The summed E-state index contributed by atoms with van der Waals surface area (Å²) in [6, 6.07) is 12.7. The molecule has 2 aromatic rings. The summed E-state index contributed by atoms with van der Waals surface area (Å²) in [5, 5.41) is 3.56. The zero-order valence-corrected chi connectivity index (χ0v) is 16.3. The molecule has 2 aliphatic rings. The molecule has 2 aliphatic heterocycles. The molecule has 0 spiro atoms. The van der Waals surface area contributed by atoms with Gasteiger partial charge < -0.3 is 14.8 Å². The number of hydrogen-bond donors (Lipinski definition) is 1. The van der Waals surface area contributed by atoms with E-state index in [2.05, 4.69) is 39.4 Å². The quantitative estimate of drug-likeness (QED) is 0.850. The van der Waals surface area contributed by atoms with Crippen LogP contribution in [0.5, 0.6) is 11.5 Å². The second-order valence-electron chi connectivity index (χ2n) is 7.36. The molecule has 0 saturated carbocycles. The van der Waals surface area contributed by atoms with E-state index >= 15 is 0 Å². The van der Waals surface area contributed by atoms with Crippen LogP contribution < -0.4 is 14.8 Å². The Bertz CT molecular complexity index is 785. The molecule has 5 heteroatoms. The van der Waals surface area contributed by atoms with Gasteiger partial charge in [0, 0.05) is 57.1 Å². The lowest BCUT2D eigenvalue weighted by molar-refractivity contribution is 0.121. The van der Waals surface area contributed by atoms with Crippen LogP contribution >= 0.6 is 0 Å². The van der Waals surface area contributed by atoms with Crippen LogP contribution in [-0.4, -0.2) is 56.7 Å². The number of piperazine rings is 1. The fourth-order valence-corrected chi connectivity index (χ4v) is 4.14. The Kier molecular flexibility index (Phi) is 5.50. The zero-order chi connectivity index (χ0) is 18.6. The normalized spacial score (nSPS) is 17.4. The lowest BCUT2D eigenvalue weighted by Crippen LogP contribution is -2.45. The number of hydrogen-bond acceptors (Lipinski definition) is 5. The van der Waals surface area contributed by atoms with E-state index in [1.54, 1.807) is 14.2 Å². The average Bonchev–Trinajstić information content (AvgIpc) is 3.19. The largest absolute Gasteiger partial charge is 0.497 e. The van der Waals surface area contributed by atoms with Crippen LogP contribution in [0.1, 0.15) is 16.7 Å². The van der Waals surface area contributed by atoms with E-state index in [0.717, 1.165) is 63.7 Å². The van der Waals surface area contributed by atoms with Crippen LogP contribution in [0.3, 0.4) is 0 Å². The average molecular weight is 367 g/mol. The predicted molar refractivity (Wildman–Crippen MR) is 109 cm³/mol. The number of ether oxygens (including phenoxy) is 2. The van der Waals surface area contributed by atoms with E-state index in [-0.39, 0.29) is 0 Å². The molecule has 0 bridgehead atoms. The molecule has 0 aliphatic carbocycles. The van der Waals surface area contributed by atoms with Crippen molar-refractivity contribution in [1.29, 1.82) is 0 Å². The number of nitrogens with zero attached hydrogens (tertiary/aromatic N) is 2. The number of nitrogens with one attached hydrogen (secondary N) is 1. The number of methoxy groups -OCH3 is 2. The highest BCUT2D eigenvalue weighted by atomic mass is 16.5. The summed E-state index contributed by atoms with van der Waals surface area (Å²) in [6.07, 6.45) is 1.15. The van der Waals surface area contributed by atoms with Crippen molar-refractivity contribution in [3.8, 4) is 11.5 Å². The molecular weight excluding hydrogens is 338 g/mol. The van der Waals surface area contributed by atoms with Gasteiger partial charge in [-0.2, -0.15) is 0 Å². The van der Waals surface area contributed by atoms with E-state index in [0.29, 0.717) is 0 Å². The Morgan fingerprint density at radius 3 is 2.33 bits per heavy atom. The van der Waals surface area contributed by atoms with Crippen LogP contribution in [0.25, 0.3) is 0 Å². The SMILES string of the molecule is COc1ccc(OC)c(CN2CCN(Cc3cccc4c3NCC4)CC2)c1. The number of fused-ring (bicyclic) bond motifs is 1. The maximum Gasteiger partial charge on any atom is 0.123 e. The molecule has 0 atom stereocenters. The number of para-hydroxylation sites is 1. The number of benzene rings is 2. The van der Waals surface area contributed by atoms with Gasteiger partial charge in [0.05, 0.1) is 14.2 Å². The Labute approximate surface area is 161 Å². The molecule has 2 aromatic carbocycles. The maximum atomic E-state index is 5.53. The third kappa shape index (κ3) is 4.04. The first-order valence-electron chi connectivity index (χ1n) is 9.77. The van der Waals surface area contributed by atoms with Crippen LogP contribution in [0.15, 0.2) is 36.4 Å². The Morgan fingerprint density at radius 2 is 1.63 bits per heavy atom. The van der Waals surface area contributed by atoms with E-state index in [9.17, 15) is 0 Å². The van der Waals surface area contributed by atoms with Crippen molar-refractivity contribution < 1.29 is 9.47 Å². The first kappa shape index (κ1) is 18.1. The molecule has 144 valence electrons. The fraction of sp³-hybridized carbons (Fsp3) is 0.455. The van der Waals surface area contributed by atoms with Gasteiger partial charge in [0.25, 0.3) is 0 Å². The summed E-state index contributed by atoms with van der Waals surface area (Å²) in [7, 11) is 3.44. The maximum absolute atomic E-state index is 5.53. The van der Waals surface area contributed by atoms with Crippen molar-refractivity contribution in [2.24, 2.45) is 0 Å². The lowest BCUT2D eigenvalue weighted by atomic mass is 10.1. The molecule has 0 amide bonds. The van der Waals surface area contributed by atoms with Gasteiger partial charge in [-0.15, -0.1) is 0 Å². The van der Waals surface area contributed by atoms with Gasteiger partial charge in [0.2, 0.25) is 0 Å². The topological polar surface area (TPSA) is 37.0 Å². The molecule has 0 aromatic heterocycles. The lowest BCUT2D eigenvalue weighted by Gasteiger charge is -2.35. The zero-order valence-electron chi connectivity index (χ0n) is 16.3. The van der Waals surface area contributed by atoms with Crippen molar-refractivity contribution in [3.63, 3.8) is 0 Å². The van der Waals surface area contributed by atoms with Gasteiger partial charge in [-0.3, -0.25) is 9.80 Å². The first-order chi connectivity index (χ1) is 13.3. The highest BCUT2D eigenvalue weighted by Gasteiger charge is 2.21. The Balaban J connectivity index is 1.35. The summed E-state index contributed by atoms with van der Waals surface area (Å²) < 4.78 is 10.9. The Hall–Kier alpha value is -2.24. The standard InChI is InChI=1S/C22H29N3O2/c1-26-20-6-7-21(27-2)19(14-20)16-25-12-10-24(11-13-25)15-18-5-3-4-17-8-9-23-22(17)18/h3-7,14,23H,8-13,15-16H2,1-2H3. The van der Waals surface area contributed by atoms with Crippen LogP contribution in [0.4, 0.5) is 5.69 Å². The Morgan fingerprint density at radius 1 is 0.889 bits per heavy atom. The predicted octanol–water partition coefficient (Wildman–Crippen LogP) is 2.99. The molecule has 27 heavy (non-hydrogen) atoms. The van der Waals surface area contributed by atoms with Crippen molar-refractivity contribution >= 4 is 5.69 Å². The van der Waals surface area contributed by atoms with Crippen molar-refractivity contribution in [2.45, 2.75) is 19.5 Å². The smallest absolute Gasteiger partial charge is 0.123 e. The summed E-state index contributed by atoms with van der Waals surface area (Å²) in [5.41, 5.74) is 5.47. The molecule has 1 fully saturated rings. The molecule has 1 N–H and O–H groups in total. The highest BCUT2D eigenvalue weighted by Crippen LogP contribution is 2.28. The van der Waals surface area contributed by atoms with E-state index in [1.807, 2.05) is 12.1 Å². The van der Waals surface area contributed by atoms with E-state index in [1.165, 1.54) is 22.4 Å². The van der Waals surface area contributed by atoms with Gasteiger partial charge in [0.15, 0.2) is 0 Å². The molecular formula is C22H29N3O2. The molecule has 2 heterocycles. The van der Waals surface area contributed by atoms with Crippen LogP contribution in [0.2, 0.25) is 0 Å². The highest BCUT2D eigenvalue weighted by molar-refractivity contribution is 5.61. The first-order valence-corrected chi connectivity index (χ1v) is 9.77. The second-order valence-corrected chi connectivity index (χ2v) is 7.36. The molecule has 5 nitrogen and oxygen atoms in total. The van der Waals surface area contributed by atoms with Crippen molar-refractivity contribution in [1.82, 2.24) is 9.80 Å². The molecule has 0 unspecified atom stereocenters. The number of anilines is 1. The van der Waals surface area contributed by atoms with E-state index < -0.39 is 0 Å². The molecule has 4 rings (SSSR count). The fourth-order valence-electron chi connectivity index (χ4n) is 4.14. The minimum atomic E-state index is 0.884. The molecule has 1 saturated heterocycles. The summed E-state index contributed by atoms with van der Waals surface area (Å²) in [4.78, 5) is 5.07. The third-order valence-electron chi connectivity index (χ3n) is 5.67. The molecule has 0 radical (unpaired) electrons. The van der Waals surface area contributed by atoms with E-state index in [4.69, 9.17) is 9.47 Å². The van der Waals surface area contributed by atoms with Crippen molar-refractivity contribution in [3.05, 3.63) is 53.1 Å². The third-order valence-corrected chi connectivity index (χ3v) is 5.67. The van der Waals surface area contributed by atoms with Gasteiger partial charge in [0.1, 0.15) is 11.5 Å². The summed E-state index contributed by atoms with van der Waals surface area (Å²) >= 11 is 0. The second kappa shape index (κ2) is 8.19. The summed E-state index contributed by atoms with van der Waals surface area (Å²) in [5.74, 6) is 1.82.